The van der Waals surface area contributed by atoms with Gasteiger partial charge in [0.15, 0.2) is 0 Å². The number of aromatic amines is 1. The van der Waals surface area contributed by atoms with Crippen LogP contribution in [0, 0.1) is 0 Å². The molecule has 3 rings (SSSR count). The molecule has 0 spiro atoms. The van der Waals surface area contributed by atoms with Crippen LogP contribution in [0.1, 0.15) is 23.0 Å². The van der Waals surface area contributed by atoms with Gasteiger partial charge in [0, 0.05) is 5.56 Å². The molecule has 0 saturated heterocycles. The van der Waals surface area contributed by atoms with Crippen molar-refractivity contribution in [2.75, 3.05) is 6.61 Å². The number of rotatable bonds is 6. The van der Waals surface area contributed by atoms with Gasteiger partial charge in [-0.2, -0.15) is 10.2 Å². The quantitative estimate of drug-likeness (QED) is 0.470. The lowest BCUT2D eigenvalue weighted by atomic mass is 10.1. The summed E-state index contributed by atoms with van der Waals surface area (Å²) < 4.78 is 5.59. The van der Waals surface area contributed by atoms with Gasteiger partial charge < -0.3 is 9.84 Å². The monoisotopic (exact) mass is 350 g/mol. The molecule has 0 atom stereocenters. The minimum atomic E-state index is -0.410. The molecule has 1 amide bonds. The molecule has 26 heavy (non-hydrogen) atoms. The number of para-hydroxylation sites is 1. The number of hydrazone groups is 1. The van der Waals surface area contributed by atoms with Gasteiger partial charge in [0.05, 0.1) is 18.5 Å². The maximum absolute atomic E-state index is 12.2. The Hall–Kier alpha value is -3.61. The predicted molar refractivity (Wildman–Crippen MR) is 98.4 cm³/mol. The number of carbonyl (C=O) groups excluding carboxylic acids is 1. The fourth-order valence-electron chi connectivity index (χ4n) is 2.32. The van der Waals surface area contributed by atoms with Gasteiger partial charge in [-0.25, -0.2) is 5.43 Å². The summed E-state index contributed by atoms with van der Waals surface area (Å²) in [5.41, 5.74) is 4.88. The van der Waals surface area contributed by atoms with Gasteiger partial charge in [-0.15, -0.1) is 0 Å². The number of ether oxygens (including phenoxy) is 1. The summed E-state index contributed by atoms with van der Waals surface area (Å²) in [5.74, 6) is 0.468. The SMILES string of the molecule is CCOc1ccccc1-c1cc(C(=O)NN=Cc2ccc(O)cc2)[nH]n1. The van der Waals surface area contributed by atoms with Gasteiger partial charge in [-0.3, -0.25) is 9.89 Å². The van der Waals surface area contributed by atoms with E-state index in [1.807, 2.05) is 31.2 Å². The van der Waals surface area contributed by atoms with Crippen molar-refractivity contribution >= 4 is 12.1 Å². The zero-order valence-electron chi connectivity index (χ0n) is 14.1. The van der Waals surface area contributed by atoms with Crippen molar-refractivity contribution in [1.29, 1.82) is 0 Å². The summed E-state index contributed by atoms with van der Waals surface area (Å²) in [4.78, 5) is 12.2. The Morgan fingerprint density at radius 3 is 2.81 bits per heavy atom. The highest BCUT2D eigenvalue weighted by atomic mass is 16.5. The Labute approximate surface area is 150 Å². The van der Waals surface area contributed by atoms with Crippen LogP contribution in [0.3, 0.4) is 0 Å². The van der Waals surface area contributed by atoms with E-state index < -0.39 is 5.91 Å². The van der Waals surface area contributed by atoms with Crippen LogP contribution in [0.4, 0.5) is 0 Å². The lowest BCUT2D eigenvalue weighted by molar-refractivity contribution is 0.0950. The summed E-state index contributed by atoms with van der Waals surface area (Å²) >= 11 is 0. The van der Waals surface area contributed by atoms with Crippen molar-refractivity contribution in [3.8, 4) is 22.8 Å². The lowest BCUT2D eigenvalue weighted by Crippen LogP contribution is -2.17. The van der Waals surface area contributed by atoms with Crippen LogP contribution >= 0.6 is 0 Å². The third-order valence-corrected chi connectivity index (χ3v) is 3.56. The summed E-state index contributed by atoms with van der Waals surface area (Å²) in [5, 5.41) is 20.0. The first-order chi connectivity index (χ1) is 12.7. The number of amides is 1. The number of H-pyrrole nitrogens is 1. The average Bonchev–Trinajstić information content (AvgIpc) is 3.14. The Kier molecular flexibility index (Phi) is 5.28. The van der Waals surface area contributed by atoms with E-state index in [0.29, 0.717) is 18.1 Å². The Morgan fingerprint density at radius 1 is 1.27 bits per heavy atom. The van der Waals surface area contributed by atoms with Crippen LogP contribution in [-0.2, 0) is 0 Å². The van der Waals surface area contributed by atoms with Gasteiger partial charge in [0.25, 0.3) is 5.91 Å². The zero-order chi connectivity index (χ0) is 18.4. The van der Waals surface area contributed by atoms with E-state index in [2.05, 4.69) is 20.7 Å². The second kappa shape index (κ2) is 7.98. The van der Waals surface area contributed by atoms with E-state index in [-0.39, 0.29) is 11.4 Å². The molecule has 0 unspecified atom stereocenters. The van der Waals surface area contributed by atoms with Crippen LogP contribution in [0.25, 0.3) is 11.3 Å². The van der Waals surface area contributed by atoms with Crippen molar-refractivity contribution in [2.24, 2.45) is 5.10 Å². The Bertz CT molecular complexity index is 917. The first kappa shape index (κ1) is 17.2. The predicted octanol–water partition coefficient (Wildman–Crippen LogP) is 2.94. The average molecular weight is 350 g/mol. The van der Waals surface area contributed by atoms with E-state index in [0.717, 1.165) is 11.1 Å². The molecule has 0 radical (unpaired) electrons. The molecule has 0 saturated carbocycles. The molecule has 0 fully saturated rings. The fraction of sp³-hybridized carbons (Fsp3) is 0.105. The molecular weight excluding hydrogens is 332 g/mol. The number of phenols is 1. The molecule has 7 heteroatoms. The van der Waals surface area contributed by atoms with Crippen molar-refractivity contribution in [3.63, 3.8) is 0 Å². The number of hydrogen-bond acceptors (Lipinski definition) is 5. The highest BCUT2D eigenvalue weighted by Crippen LogP contribution is 2.28. The van der Waals surface area contributed by atoms with Crippen molar-refractivity contribution in [2.45, 2.75) is 6.92 Å². The Balaban J connectivity index is 1.69. The number of carbonyl (C=O) groups is 1. The number of aromatic hydroxyl groups is 1. The molecule has 3 aromatic rings. The minimum absolute atomic E-state index is 0.170. The fourth-order valence-corrected chi connectivity index (χ4v) is 2.32. The Morgan fingerprint density at radius 2 is 2.04 bits per heavy atom. The first-order valence-corrected chi connectivity index (χ1v) is 8.07. The lowest BCUT2D eigenvalue weighted by Gasteiger charge is -2.07. The van der Waals surface area contributed by atoms with Gasteiger partial charge >= 0.3 is 0 Å². The van der Waals surface area contributed by atoms with Crippen molar-refractivity contribution < 1.29 is 14.6 Å². The highest BCUT2D eigenvalue weighted by Gasteiger charge is 2.13. The number of nitrogens with one attached hydrogen (secondary N) is 2. The first-order valence-electron chi connectivity index (χ1n) is 8.07. The molecule has 0 aliphatic carbocycles. The number of nitrogens with zero attached hydrogens (tertiary/aromatic N) is 2. The van der Waals surface area contributed by atoms with Gasteiger partial charge in [0.2, 0.25) is 0 Å². The van der Waals surface area contributed by atoms with E-state index >= 15 is 0 Å². The molecule has 7 nitrogen and oxygen atoms in total. The summed E-state index contributed by atoms with van der Waals surface area (Å²) in [6.07, 6.45) is 1.49. The van der Waals surface area contributed by atoms with Crippen LogP contribution in [-0.4, -0.2) is 34.0 Å². The second-order valence-corrected chi connectivity index (χ2v) is 5.39. The van der Waals surface area contributed by atoms with Gasteiger partial charge in [-0.05, 0) is 55.0 Å². The number of benzene rings is 2. The third-order valence-electron chi connectivity index (χ3n) is 3.56. The van der Waals surface area contributed by atoms with Crippen molar-refractivity contribution in [1.82, 2.24) is 15.6 Å². The molecule has 0 aliphatic heterocycles. The molecule has 132 valence electrons. The molecule has 0 bridgehead atoms. The molecule has 0 aliphatic rings. The molecule has 3 N–H and O–H groups in total. The zero-order valence-corrected chi connectivity index (χ0v) is 14.1. The van der Waals surface area contributed by atoms with Crippen LogP contribution in [0.15, 0.2) is 59.7 Å². The second-order valence-electron chi connectivity index (χ2n) is 5.39. The maximum Gasteiger partial charge on any atom is 0.289 e. The molecule has 1 aromatic heterocycles. The van der Waals surface area contributed by atoms with E-state index in [9.17, 15) is 9.90 Å². The molecule has 2 aromatic carbocycles. The van der Waals surface area contributed by atoms with E-state index in [1.165, 1.54) is 6.21 Å². The standard InChI is InChI=1S/C19H18N4O3/c1-2-26-18-6-4-3-5-15(18)16-11-17(22-21-16)19(25)23-20-12-13-7-9-14(24)10-8-13/h3-12,24H,2H2,1H3,(H,21,22)(H,23,25). The van der Waals surface area contributed by atoms with Crippen LogP contribution in [0.2, 0.25) is 0 Å². The van der Waals surface area contributed by atoms with Crippen molar-refractivity contribution in [3.05, 3.63) is 65.9 Å². The molecule has 1 heterocycles. The molecular formula is C19H18N4O3. The van der Waals surface area contributed by atoms with E-state index in [4.69, 9.17) is 4.74 Å². The highest BCUT2D eigenvalue weighted by molar-refractivity contribution is 5.94. The van der Waals surface area contributed by atoms with Gasteiger partial charge in [0.1, 0.15) is 17.2 Å². The van der Waals surface area contributed by atoms with Gasteiger partial charge in [-0.1, -0.05) is 12.1 Å². The van der Waals surface area contributed by atoms with Crippen LogP contribution in [0.5, 0.6) is 11.5 Å². The topological polar surface area (TPSA) is 99.6 Å². The summed E-state index contributed by atoms with van der Waals surface area (Å²) in [6.45, 7) is 2.45. The smallest absolute Gasteiger partial charge is 0.289 e. The normalized spacial score (nSPS) is 10.8. The summed E-state index contributed by atoms with van der Waals surface area (Å²) in [7, 11) is 0. The van der Waals surface area contributed by atoms with E-state index in [1.54, 1.807) is 30.3 Å². The number of hydrogen-bond donors (Lipinski definition) is 3. The maximum atomic E-state index is 12.2. The largest absolute Gasteiger partial charge is 0.508 e. The third kappa shape index (κ3) is 4.07. The minimum Gasteiger partial charge on any atom is -0.508 e. The number of aromatic nitrogens is 2. The number of phenolic OH excluding ortho intramolecular Hbond substituents is 1. The summed E-state index contributed by atoms with van der Waals surface area (Å²) in [6, 6.07) is 15.6. The van der Waals surface area contributed by atoms with Crippen LogP contribution < -0.4 is 10.2 Å².